The Morgan fingerprint density at radius 2 is 2.00 bits per heavy atom. The quantitative estimate of drug-likeness (QED) is 0.198. The fourth-order valence-electron chi connectivity index (χ4n) is 4.21. The third-order valence-electron chi connectivity index (χ3n) is 5.67. The number of ether oxygens (including phenoxy) is 1. The van der Waals surface area contributed by atoms with E-state index in [9.17, 15) is 9.59 Å². The number of amides is 2. The van der Waals surface area contributed by atoms with Gasteiger partial charge in [-0.15, -0.1) is 24.0 Å². The molecule has 1 saturated heterocycles. The minimum atomic E-state index is -0.112. The summed E-state index contributed by atoms with van der Waals surface area (Å²) in [5.74, 6) is 1.90. The van der Waals surface area contributed by atoms with Crippen LogP contribution in [0.4, 0.5) is 5.69 Å². The summed E-state index contributed by atoms with van der Waals surface area (Å²) in [5, 5.41) is 9.48. The second-order valence-electron chi connectivity index (χ2n) is 8.21. The van der Waals surface area contributed by atoms with Crippen molar-refractivity contribution in [1.29, 1.82) is 0 Å². The molecule has 8 nitrogen and oxygen atoms in total. The number of benzene rings is 1. The van der Waals surface area contributed by atoms with Gasteiger partial charge in [-0.3, -0.25) is 9.59 Å². The van der Waals surface area contributed by atoms with Crippen LogP contribution in [-0.2, 0) is 9.59 Å². The van der Waals surface area contributed by atoms with Crippen molar-refractivity contribution in [1.82, 2.24) is 15.5 Å². The lowest BCUT2D eigenvalue weighted by molar-refractivity contribution is -0.134. The fraction of sp³-hybridized carbons (Fsp3) is 0.609. The maximum Gasteiger partial charge on any atom is 0.225 e. The van der Waals surface area contributed by atoms with Crippen LogP contribution in [0.2, 0.25) is 0 Å². The molecule has 0 aromatic heterocycles. The second kappa shape index (κ2) is 13.5. The number of hydrogen-bond acceptors (Lipinski definition) is 4. The van der Waals surface area contributed by atoms with E-state index in [4.69, 9.17) is 4.74 Å². The van der Waals surface area contributed by atoms with Gasteiger partial charge in [-0.05, 0) is 38.3 Å². The van der Waals surface area contributed by atoms with Gasteiger partial charge in [0.25, 0.3) is 0 Å². The van der Waals surface area contributed by atoms with Crippen molar-refractivity contribution in [3.8, 4) is 5.75 Å². The van der Waals surface area contributed by atoms with Crippen LogP contribution in [-0.4, -0.2) is 61.5 Å². The second-order valence-corrected chi connectivity index (χ2v) is 8.21. The Kier molecular flexibility index (Phi) is 11.1. The van der Waals surface area contributed by atoms with Gasteiger partial charge in [0.15, 0.2) is 5.96 Å². The van der Waals surface area contributed by atoms with Crippen LogP contribution in [0.5, 0.6) is 5.75 Å². The molecule has 9 heteroatoms. The molecule has 1 aromatic rings. The van der Waals surface area contributed by atoms with Crippen molar-refractivity contribution in [3.63, 3.8) is 0 Å². The number of guanidine groups is 1. The maximum atomic E-state index is 12.6. The number of carbonyl (C=O) groups is 2. The molecular weight excluding hydrogens is 521 g/mol. The molecule has 0 spiro atoms. The molecular formula is C23H36IN5O3. The van der Waals surface area contributed by atoms with Gasteiger partial charge in [0, 0.05) is 50.3 Å². The van der Waals surface area contributed by atoms with Crippen LogP contribution in [0.15, 0.2) is 29.3 Å². The van der Waals surface area contributed by atoms with Gasteiger partial charge in [0.05, 0.1) is 6.54 Å². The average molecular weight is 557 g/mol. The Labute approximate surface area is 208 Å². The third kappa shape index (κ3) is 8.14. The van der Waals surface area contributed by atoms with Crippen LogP contribution in [0.3, 0.4) is 0 Å². The predicted molar refractivity (Wildman–Crippen MR) is 138 cm³/mol. The molecule has 1 heterocycles. The van der Waals surface area contributed by atoms with Crippen LogP contribution >= 0.6 is 24.0 Å². The highest BCUT2D eigenvalue weighted by atomic mass is 127. The number of rotatable bonds is 8. The number of nitrogens with zero attached hydrogens (tertiary/aromatic N) is 2. The van der Waals surface area contributed by atoms with E-state index < -0.39 is 0 Å². The van der Waals surface area contributed by atoms with Crippen LogP contribution in [0.25, 0.3) is 0 Å². The standard InChI is InChI=1S/C23H35N5O3.HI/c1-3-24-23(25-12-14-31-21-10-6-9-19(15-21)26-17(2)29)27-20-11-13-28(16-20)22(30)18-7-4-5-8-18;/h6,9-10,15,18,20H,3-5,7-8,11-14,16H2,1-2H3,(H,26,29)(H2,24,25,27);1H. The monoisotopic (exact) mass is 557 g/mol. The number of halogens is 1. The minimum absolute atomic E-state index is 0. The van der Waals surface area contributed by atoms with E-state index in [1.165, 1.54) is 19.8 Å². The van der Waals surface area contributed by atoms with Crippen molar-refractivity contribution in [3.05, 3.63) is 24.3 Å². The molecule has 0 radical (unpaired) electrons. The number of likely N-dealkylation sites (tertiary alicyclic amines) is 1. The van der Waals surface area contributed by atoms with Crippen molar-refractivity contribution < 1.29 is 14.3 Å². The molecule has 1 aliphatic carbocycles. The Bertz CT molecular complexity index is 783. The zero-order valence-electron chi connectivity index (χ0n) is 19.1. The molecule has 3 rings (SSSR count). The van der Waals surface area contributed by atoms with Crippen molar-refractivity contribution in [2.24, 2.45) is 10.9 Å². The summed E-state index contributed by atoms with van der Waals surface area (Å²) in [7, 11) is 0. The summed E-state index contributed by atoms with van der Waals surface area (Å²) in [6.45, 7) is 6.76. The van der Waals surface area contributed by atoms with Gasteiger partial charge in [-0.25, -0.2) is 4.99 Å². The first kappa shape index (κ1) is 26.2. The SMILES string of the molecule is CCNC(=NCCOc1cccc(NC(C)=O)c1)NC1CCN(C(=O)C2CCCC2)C1.I. The topological polar surface area (TPSA) is 95.1 Å². The Balaban J connectivity index is 0.00000363. The lowest BCUT2D eigenvalue weighted by Gasteiger charge is -2.21. The maximum absolute atomic E-state index is 12.6. The smallest absolute Gasteiger partial charge is 0.225 e. The summed E-state index contributed by atoms with van der Waals surface area (Å²) >= 11 is 0. The number of nitrogens with one attached hydrogen (secondary N) is 3. The Morgan fingerprint density at radius 1 is 1.22 bits per heavy atom. The first-order valence-corrected chi connectivity index (χ1v) is 11.4. The molecule has 1 saturated carbocycles. The lowest BCUT2D eigenvalue weighted by atomic mass is 10.1. The molecule has 2 fully saturated rings. The van der Waals surface area contributed by atoms with E-state index >= 15 is 0 Å². The van der Waals surface area contributed by atoms with Gasteiger partial charge in [0.1, 0.15) is 12.4 Å². The highest BCUT2D eigenvalue weighted by molar-refractivity contribution is 14.0. The highest BCUT2D eigenvalue weighted by Crippen LogP contribution is 2.27. The molecule has 1 unspecified atom stereocenters. The van der Waals surface area contributed by atoms with Gasteiger partial charge in [0.2, 0.25) is 11.8 Å². The van der Waals surface area contributed by atoms with E-state index in [0.29, 0.717) is 30.5 Å². The normalized spacial score (nSPS) is 18.8. The first-order chi connectivity index (χ1) is 15.0. The van der Waals surface area contributed by atoms with Crippen LogP contribution in [0.1, 0.15) is 46.0 Å². The van der Waals surface area contributed by atoms with Gasteiger partial charge >= 0.3 is 0 Å². The summed E-state index contributed by atoms with van der Waals surface area (Å²) in [6, 6.07) is 7.53. The number of anilines is 1. The molecule has 3 N–H and O–H groups in total. The van der Waals surface area contributed by atoms with E-state index in [1.807, 2.05) is 30.0 Å². The molecule has 2 aliphatic rings. The van der Waals surface area contributed by atoms with Crippen molar-refractivity contribution >= 4 is 47.4 Å². The van der Waals surface area contributed by atoms with Gasteiger partial charge in [-0.2, -0.15) is 0 Å². The summed E-state index contributed by atoms with van der Waals surface area (Å²) in [4.78, 5) is 30.5. The van der Waals surface area contributed by atoms with Crippen LogP contribution < -0.4 is 20.7 Å². The fourth-order valence-corrected chi connectivity index (χ4v) is 4.21. The molecule has 0 bridgehead atoms. The zero-order chi connectivity index (χ0) is 22.1. The van der Waals surface area contributed by atoms with Crippen LogP contribution in [0, 0.1) is 5.92 Å². The molecule has 2 amide bonds. The lowest BCUT2D eigenvalue weighted by Crippen LogP contribution is -2.45. The number of aliphatic imine (C=N–C) groups is 1. The summed E-state index contributed by atoms with van der Waals surface area (Å²) < 4.78 is 5.77. The molecule has 1 aromatic carbocycles. The minimum Gasteiger partial charge on any atom is -0.492 e. The number of carbonyl (C=O) groups excluding carboxylic acids is 2. The van der Waals surface area contributed by atoms with Crippen molar-refractivity contribution in [2.75, 3.05) is 38.1 Å². The van der Waals surface area contributed by atoms with E-state index in [0.717, 1.165) is 44.9 Å². The van der Waals surface area contributed by atoms with Gasteiger partial charge in [-0.1, -0.05) is 18.9 Å². The molecule has 178 valence electrons. The molecule has 1 aliphatic heterocycles. The zero-order valence-corrected chi connectivity index (χ0v) is 21.4. The van der Waals surface area contributed by atoms with E-state index in [1.54, 1.807) is 6.07 Å². The largest absolute Gasteiger partial charge is 0.492 e. The average Bonchev–Trinajstić information content (AvgIpc) is 3.43. The summed E-state index contributed by atoms with van der Waals surface area (Å²) in [5.41, 5.74) is 0.710. The highest BCUT2D eigenvalue weighted by Gasteiger charge is 2.32. The molecule has 32 heavy (non-hydrogen) atoms. The Morgan fingerprint density at radius 3 is 2.72 bits per heavy atom. The van der Waals surface area contributed by atoms with Gasteiger partial charge < -0.3 is 25.6 Å². The molecule has 1 atom stereocenters. The Hall–Kier alpha value is -2.04. The van der Waals surface area contributed by atoms with E-state index in [-0.39, 0.29) is 41.8 Å². The van der Waals surface area contributed by atoms with Crippen molar-refractivity contribution in [2.45, 2.75) is 52.0 Å². The number of hydrogen-bond donors (Lipinski definition) is 3. The van der Waals surface area contributed by atoms with E-state index in [2.05, 4.69) is 20.9 Å². The third-order valence-corrected chi connectivity index (χ3v) is 5.67. The predicted octanol–water partition coefficient (Wildman–Crippen LogP) is 2.99. The summed E-state index contributed by atoms with van der Waals surface area (Å²) in [6.07, 6.45) is 5.40. The first-order valence-electron chi connectivity index (χ1n) is 11.4.